The first-order valence-electron chi connectivity index (χ1n) is 7.06. The highest BCUT2D eigenvalue weighted by Crippen LogP contribution is 2.37. The maximum Gasteiger partial charge on any atom is 0.0870 e. The molecule has 1 aliphatic rings. The van der Waals surface area contributed by atoms with E-state index in [0.29, 0.717) is 0 Å². The molecule has 0 bridgehead atoms. The molecule has 0 atom stereocenters. The molecule has 1 aromatic heterocycles. The lowest BCUT2D eigenvalue weighted by molar-refractivity contribution is 0.900. The smallest absolute Gasteiger partial charge is 0.0870 e. The van der Waals surface area contributed by atoms with Crippen molar-refractivity contribution in [1.29, 1.82) is 0 Å². The Hall–Kier alpha value is -1.09. The summed E-state index contributed by atoms with van der Waals surface area (Å²) in [4.78, 5) is 4.90. The summed E-state index contributed by atoms with van der Waals surface area (Å²) in [7, 11) is 0. The monoisotopic (exact) mass is 318 g/mol. The Morgan fingerprint density at radius 1 is 1.32 bits per heavy atom. The summed E-state index contributed by atoms with van der Waals surface area (Å²) >= 11 is 3.70. The Bertz CT molecular complexity index is 634. The van der Waals surface area contributed by atoms with Gasteiger partial charge in [-0.2, -0.15) is 0 Å². The molecule has 0 spiro atoms. The Kier molecular flexibility index (Phi) is 3.48. The number of halogens is 1. The maximum absolute atomic E-state index is 4.90. The molecular formula is C16H19BrN2. The lowest BCUT2D eigenvalue weighted by atomic mass is 10.0. The largest absolute Gasteiger partial charge is 0.384 e. The van der Waals surface area contributed by atoms with E-state index >= 15 is 0 Å². The van der Waals surface area contributed by atoms with Crippen LogP contribution in [0.3, 0.4) is 0 Å². The van der Waals surface area contributed by atoms with E-state index in [1.165, 1.54) is 34.3 Å². The van der Waals surface area contributed by atoms with Gasteiger partial charge in [-0.25, -0.2) is 0 Å². The molecule has 1 aliphatic carbocycles. The molecule has 2 nitrogen and oxygen atoms in total. The molecule has 2 aromatic rings. The fraction of sp³-hybridized carbons (Fsp3) is 0.438. The van der Waals surface area contributed by atoms with Gasteiger partial charge in [0.2, 0.25) is 0 Å². The van der Waals surface area contributed by atoms with Crippen LogP contribution in [0.4, 0.5) is 5.69 Å². The first-order valence-corrected chi connectivity index (χ1v) is 7.86. The average Bonchev–Trinajstić information content (AvgIpc) is 2.87. The molecule has 0 amide bonds. The van der Waals surface area contributed by atoms with Crippen molar-refractivity contribution < 1.29 is 0 Å². The minimum atomic E-state index is 1.02. The van der Waals surface area contributed by atoms with Gasteiger partial charge in [-0.3, -0.25) is 4.98 Å². The molecule has 0 fully saturated rings. The van der Waals surface area contributed by atoms with Crippen molar-refractivity contribution in [2.24, 2.45) is 0 Å². The number of pyridine rings is 1. The summed E-state index contributed by atoms with van der Waals surface area (Å²) in [6.45, 7) is 5.35. The van der Waals surface area contributed by atoms with Crippen molar-refractivity contribution in [3.8, 4) is 0 Å². The second-order valence-corrected chi connectivity index (χ2v) is 6.08. The van der Waals surface area contributed by atoms with E-state index in [9.17, 15) is 0 Å². The molecule has 1 aromatic carbocycles. The van der Waals surface area contributed by atoms with Gasteiger partial charge in [0.15, 0.2) is 0 Å². The minimum Gasteiger partial charge on any atom is -0.384 e. The second kappa shape index (κ2) is 5.12. The summed E-state index contributed by atoms with van der Waals surface area (Å²) in [6.07, 6.45) is 4.66. The third kappa shape index (κ3) is 2.14. The van der Waals surface area contributed by atoms with Crippen molar-refractivity contribution in [3.05, 3.63) is 33.4 Å². The first-order chi connectivity index (χ1) is 9.22. The first kappa shape index (κ1) is 12.9. The van der Waals surface area contributed by atoms with Gasteiger partial charge >= 0.3 is 0 Å². The maximum atomic E-state index is 4.90. The number of aromatic nitrogens is 1. The lowest BCUT2D eigenvalue weighted by Crippen LogP contribution is -2.05. The summed E-state index contributed by atoms with van der Waals surface area (Å²) in [5.41, 5.74) is 6.41. The Balaban J connectivity index is 2.27. The number of nitrogens with one attached hydrogen (secondary N) is 1. The van der Waals surface area contributed by atoms with E-state index in [2.05, 4.69) is 47.2 Å². The van der Waals surface area contributed by atoms with Gasteiger partial charge in [0.05, 0.1) is 5.52 Å². The average molecular weight is 319 g/mol. The van der Waals surface area contributed by atoms with E-state index in [4.69, 9.17) is 4.98 Å². The van der Waals surface area contributed by atoms with Crippen LogP contribution in [0, 0.1) is 6.92 Å². The number of benzene rings is 1. The summed E-state index contributed by atoms with van der Waals surface area (Å²) in [5.74, 6) is 0. The third-order valence-corrected chi connectivity index (χ3v) is 4.87. The zero-order valence-corrected chi connectivity index (χ0v) is 13.1. The number of rotatable bonds is 3. The van der Waals surface area contributed by atoms with Crippen LogP contribution in [0.1, 0.15) is 36.6 Å². The summed E-state index contributed by atoms with van der Waals surface area (Å²) < 4.78 is 1.14. The van der Waals surface area contributed by atoms with Crippen molar-refractivity contribution in [2.75, 3.05) is 11.9 Å². The van der Waals surface area contributed by atoms with Crippen molar-refractivity contribution in [3.63, 3.8) is 0 Å². The lowest BCUT2D eigenvalue weighted by Gasteiger charge is -2.15. The van der Waals surface area contributed by atoms with Crippen LogP contribution in [0.2, 0.25) is 0 Å². The molecule has 19 heavy (non-hydrogen) atoms. The van der Waals surface area contributed by atoms with Crippen molar-refractivity contribution >= 4 is 32.5 Å². The topological polar surface area (TPSA) is 24.9 Å². The molecule has 0 radical (unpaired) electrons. The van der Waals surface area contributed by atoms with Gasteiger partial charge in [-0.15, -0.1) is 0 Å². The van der Waals surface area contributed by atoms with Crippen molar-refractivity contribution in [1.82, 2.24) is 4.98 Å². The zero-order valence-electron chi connectivity index (χ0n) is 11.5. The van der Waals surface area contributed by atoms with E-state index in [0.717, 1.165) is 35.8 Å². The van der Waals surface area contributed by atoms with Gasteiger partial charge in [0.1, 0.15) is 0 Å². The normalized spacial score (nSPS) is 13.8. The highest BCUT2D eigenvalue weighted by molar-refractivity contribution is 9.10. The Labute approximate surface area is 122 Å². The molecule has 0 unspecified atom stereocenters. The van der Waals surface area contributed by atoms with Gasteiger partial charge in [0, 0.05) is 27.8 Å². The Morgan fingerprint density at radius 2 is 2.16 bits per heavy atom. The highest BCUT2D eigenvalue weighted by Gasteiger charge is 2.20. The predicted molar refractivity (Wildman–Crippen MR) is 85.0 cm³/mol. The molecule has 0 saturated heterocycles. The molecule has 0 aliphatic heterocycles. The molecule has 3 rings (SSSR count). The predicted octanol–water partition coefficient (Wildman–Crippen LogP) is 4.62. The fourth-order valence-corrected chi connectivity index (χ4v) is 3.28. The number of aryl methyl sites for hydroxylation is 2. The van der Waals surface area contributed by atoms with Crippen LogP contribution >= 0.6 is 15.9 Å². The summed E-state index contributed by atoms with van der Waals surface area (Å²) in [6, 6.07) is 4.38. The molecule has 1 heterocycles. The Morgan fingerprint density at radius 3 is 2.95 bits per heavy atom. The molecule has 0 saturated carbocycles. The zero-order chi connectivity index (χ0) is 13.4. The van der Waals surface area contributed by atoms with E-state index in [1.807, 2.05) is 0 Å². The number of anilines is 1. The SMILES string of the molecule is CCCNc1c2c(nc3c(Br)c(C)ccc13)CCC2. The van der Waals surface area contributed by atoms with Crippen LogP contribution in [0.5, 0.6) is 0 Å². The second-order valence-electron chi connectivity index (χ2n) is 5.28. The van der Waals surface area contributed by atoms with E-state index in [-0.39, 0.29) is 0 Å². The fourth-order valence-electron chi connectivity index (χ4n) is 2.85. The van der Waals surface area contributed by atoms with Crippen LogP contribution in [0.25, 0.3) is 10.9 Å². The van der Waals surface area contributed by atoms with Crippen LogP contribution in [-0.4, -0.2) is 11.5 Å². The number of nitrogens with zero attached hydrogens (tertiary/aromatic N) is 1. The van der Waals surface area contributed by atoms with Gasteiger partial charge in [-0.1, -0.05) is 19.1 Å². The molecule has 100 valence electrons. The van der Waals surface area contributed by atoms with Crippen LogP contribution in [-0.2, 0) is 12.8 Å². The standard InChI is InChI=1S/C16H19BrN2/c1-3-9-18-15-11-5-4-6-13(11)19-16-12(15)8-7-10(2)14(16)17/h7-8H,3-6,9H2,1-2H3,(H,18,19). The quantitative estimate of drug-likeness (QED) is 0.893. The molecule has 3 heteroatoms. The molecular weight excluding hydrogens is 300 g/mol. The van der Waals surface area contributed by atoms with Crippen LogP contribution in [0.15, 0.2) is 16.6 Å². The molecule has 1 N–H and O–H groups in total. The van der Waals surface area contributed by atoms with Gasteiger partial charge in [0.25, 0.3) is 0 Å². The number of hydrogen-bond acceptors (Lipinski definition) is 2. The highest BCUT2D eigenvalue weighted by atomic mass is 79.9. The minimum absolute atomic E-state index is 1.02. The number of hydrogen-bond donors (Lipinski definition) is 1. The van der Waals surface area contributed by atoms with E-state index in [1.54, 1.807) is 0 Å². The number of fused-ring (bicyclic) bond motifs is 2. The van der Waals surface area contributed by atoms with Crippen molar-refractivity contribution in [2.45, 2.75) is 39.5 Å². The van der Waals surface area contributed by atoms with Gasteiger partial charge in [-0.05, 0) is 59.7 Å². The third-order valence-electron chi connectivity index (χ3n) is 3.87. The van der Waals surface area contributed by atoms with Gasteiger partial charge < -0.3 is 5.32 Å². The van der Waals surface area contributed by atoms with Crippen LogP contribution < -0.4 is 5.32 Å². The summed E-state index contributed by atoms with van der Waals surface area (Å²) in [5, 5.41) is 4.88. The van der Waals surface area contributed by atoms with E-state index < -0.39 is 0 Å².